The first-order valence-corrected chi connectivity index (χ1v) is 5.23. The molecule has 82 valence electrons. The summed E-state index contributed by atoms with van der Waals surface area (Å²) in [6, 6.07) is 0.465. The lowest BCUT2D eigenvalue weighted by Gasteiger charge is -2.20. The van der Waals surface area contributed by atoms with Gasteiger partial charge in [-0.2, -0.15) is 0 Å². The van der Waals surface area contributed by atoms with Gasteiger partial charge in [-0.25, -0.2) is 0 Å². The van der Waals surface area contributed by atoms with Gasteiger partial charge >= 0.3 is 0 Å². The Bertz CT molecular complexity index is 185. The Kier molecular flexibility index (Phi) is 7.42. The van der Waals surface area contributed by atoms with Crippen LogP contribution in [0.15, 0.2) is 12.7 Å². The zero-order valence-electron chi connectivity index (χ0n) is 9.17. The molecular formula is C10H20N2OS. The van der Waals surface area contributed by atoms with Crippen LogP contribution in [0, 0.1) is 0 Å². The number of hydrogen-bond acceptors (Lipinski definition) is 2. The van der Waals surface area contributed by atoms with E-state index >= 15 is 0 Å². The minimum atomic E-state index is 0.190. The van der Waals surface area contributed by atoms with Gasteiger partial charge in [0.1, 0.15) is 0 Å². The Morgan fingerprint density at radius 1 is 1.57 bits per heavy atom. The van der Waals surface area contributed by atoms with Crippen molar-refractivity contribution in [2.75, 3.05) is 13.7 Å². The van der Waals surface area contributed by atoms with Gasteiger partial charge < -0.3 is 15.4 Å². The molecule has 0 aromatic carbocycles. The van der Waals surface area contributed by atoms with Crippen molar-refractivity contribution >= 4 is 17.3 Å². The summed E-state index contributed by atoms with van der Waals surface area (Å²) in [6.45, 7) is 8.43. The Morgan fingerprint density at radius 3 is 2.64 bits per heavy atom. The van der Waals surface area contributed by atoms with E-state index in [1.807, 2.05) is 13.0 Å². The third kappa shape index (κ3) is 5.94. The van der Waals surface area contributed by atoms with Crippen LogP contribution in [0.5, 0.6) is 0 Å². The number of thiocarbonyl (C=S) groups is 1. The van der Waals surface area contributed by atoms with Gasteiger partial charge in [0.2, 0.25) is 0 Å². The second-order valence-electron chi connectivity index (χ2n) is 3.20. The first kappa shape index (κ1) is 13.4. The topological polar surface area (TPSA) is 33.3 Å². The standard InChI is InChI=1S/C10H20N2OS/c1-5-8(3)11-10(14)12-9(6-2)7-13-4/h5,8-9H,1,6-7H2,2-4H3,(H2,11,12,14). The molecule has 0 radical (unpaired) electrons. The second-order valence-corrected chi connectivity index (χ2v) is 3.61. The van der Waals surface area contributed by atoms with Gasteiger partial charge in [-0.15, -0.1) is 6.58 Å². The highest BCUT2D eigenvalue weighted by atomic mass is 32.1. The van der Waals surface area contributed by atoms with E-state index in [2.05, 4.69) is 24.1 Å². The van der Waals surface area contributed by atoms with Crippen LogP contribution in [-0.2, 0) is 4.74 Å². The summed E-state index contributed by atoms with van der Waals surface area (Å²) in [5, 5.41) is 6.93. The fourth-order valence-electron chi connectivity index (χ4n) is 0.956. The molecular weight excluding hydrogens is 196 g/mol. The number of nitrogens with one attached hydrogen (secondary N) is 2. The molecule has 0 aliphatic carbocycles. The van der Waals surface area contributed by atoms with Crippen molar-refractivity contribution in [1.82, 2.24) is 10.6 Å². The molecule has 3 nitrogen and oxygen atoms in total. The van der Waals surface area contributed by atoms with E-state index in [4.69, 9.17) is 17.0 Å². The van der Waals surface area contributed by atoms with E-state index < -0.39 is 0 Å². The first-order valence-electron chi connectivity index (χ1n) is 4.82. The Balaban J connectivity index is 3.83. The van der Waals surface area contributed by atoms with E-state index in [1.54, 1.807) is 7.11 Å². The minimum absolute atomic E-state index is 0.190. The van der Waals surface area contributed by atoms with Gasteiger partial charge in [0, 0.05) is 13.2 Å². The average Bonchev–Trinajstić information content (AvgIpc) is 2.16. The van der Waals surface area contributed by atoms with Crippen LogP contribution in [0.2, 0.25) is 0 Å². The maximum Gasteiger partial charge on any atom is 0.167 e. The quantitative estimate of drug-likeness (QED) is 0.520. The zero-order chi connectivity index (χ0) is 11.0. The SMILES string of the molecule is C=CC(C)NC(=S)NC(CC)COC. The summed E-state index contributed by atoms with van der Waals surface area (Å²) in [5.74, 6) is 0. The summed E-state index contributed by atoms with van der Waals surface area (Å²) in [6.07, 6.45) is 2.80. The van der Waals surface area contributed by atoms with Gasteiger partial charge in [-0.05, 0) is 25.6 Å². The van der Waals surface area contributed by atoms with E-state index in [1.165, 1.54) is 0 Å². The highest BCUT2D eigenvalue weighted by Crippen LogP contribution is 1.92. The molecule has 2 atom stereocenters. The van der Waals surface area contributed by atoms with E-state index in [-0.39, 0.29) is 12.1 Å². The lowest BCUT2D eigenvalue weighted by molar-refractivity contribution is 0.172. The third-order valence-electron chi connectivity index (χ3n) is 1.91. The average molecular weight is 216 g/mol. The zero-order valence-corrected chi connectivity index (χ0v) is 9.99. The van der Waals surface area contributed by atoms with E-state index in [9.17, 15) is 0 Å². The Morgan fingerprint density at radius 2 is 2.21 bits per heavy atom. The molecule has 0 saturated heterocycles. The number of methoxy groups -OCH3 is 1. The molecule has 4 heteroatoms. The summed E-state index contributed by atoms with van der Waals surface area (Å²) in [5.41, 5.74) is 0. The fraction of sp³-hybridized carbons (Fsp3) is 0.700. The first-order chi connectivity index (χ1) is 6.63. The maximum absolute atomic E-state index is 5.13. The van der Waals surface area contributed by atoms with Crippen molar-refractivity contribution in [3.05, 3.63) is 12.7 Å². The summed E-state index contributed by atoms with van der Waals surface area (Å²) < 4.78 is 5.06. The van der Waals surface area contributed by atoms with Gasteiger partial charge in [0.05, 0.1) is 12.6 Å². The smallest absolute Gasteiger partial charge is 0.167 e. The number of rotatable bonds is 6. The third-order valence-corrected chi connectivity index (χ3v) is 2.14. The minimum Gasteiger partial charge on any atom is -0.383 e. The molecule has 0 aliphatic heterocycles. The molecule has 14 heavy (non-hydrogen) atoms. The maximum atomic E-state index is 5.13. The van der Waals surface area contributed by atoms with Crippen molar-refractivity contribution in [1.29, 1.82) is 0 Å². The van der Waals surface area contributed by atoms with Crippen LogP contribution >= 0.6 is 12.2 Å². The number of ether oxygens (including phenoxy) is 1. The van der Waals surface area contributed by atoms with Crippen molar-refractivity contribution in [2.24, 2.45) is 0 Å². The normalized spacial score (nSPS) is 14.2. The molecule has 0 saturated carbocycles. The lowest BCUT2D eigenvalue weighted by atomic mass is 10.2. The second kappa shape index (κ2) is 7.76. The van der Waals surface area contributed by atoms with Crippen molar-refractivity contribution in [2.45, 2.75) is 32.4 Å². The monoisotopic (exact) mass is 216 g/mol. The van der Waals surface area contributed by atoms with Crippen molar-refractivity contribution in [3.63, 3.8) is 0 Å². The van der Waals surface area contributed by atoms with Crippen LogP contribution in [0.4, 0.5) is 0 Å². The van der Waals surface area contributed by atoms with Crippen molar-refractivity contribution < 1.29 is 4.74 Å². The molecule has 2 unspecified atom stereocenters. The predicted octanol–water partition coefficient (Wildman–Crippen LogP) is 1.45. The lowest BCUT2D eigenvalue weighted by Crippen LogP contribution is -2.46. The highest BCUT2D eigenvalue weighted by Gasteiger charge is 2.07. The van der Waals surface area contributed by atoms with Crippen molar-refractivity contribution in [3.8, 4) is 0 Å². The van der Waals surface area contributed by atoms with Gasteiger partial charge in [-0.3, -0.25) is 0 Å². The largest absolute Gasteiger partial charge is 0.383 e. The molecule has 0 amide bonds. The molecule has 2 N–H and O–H groups in total. The van der Waals surface area contributed by atoms with E-state index in [0.717, 1.165) is 6.42 Å². The summed E-state index contributed by atoms with van der Waals surface area (Å²) >= 11 is 5.13. The van der Waals surface area contributed by atoms with Gasteiger partial charge in [-0.1, -0.05) is 13.0 Å². The van der Waals surface area contributed by atoms with Crippen LogP contribution in [0.1, 0.15) is 20.3 Å². The Hall–Kier alpha value is -0.610. The molecule has 0 aliphatic rings. The molecule has 0 rings (SSSR count). The summed E-state index contributed by atoms with van der Waals surface area (Å²) in [4.78, 5) is 0. The molecule has 0 aromatic rings. The summed E-state index contributed by atoms with van der Waals surface area (Å²) in [7, 11) is 1.69. The van der Waals surface area contributed by atoms with Crippen LogP contribution in [0.25, 0.3) is 0 Å². The van der Waals surface area contributed by atoms with Crippen LogP contribution in [0.3, 0.4) is 0 Å². The molecule has 0 spiro atoms. The number of hydrogen-bond donors (Lipinski definition) is 2. The van der Waals surface area contributed by atoms with Crippen LogP contribution < -0.4 is 10.6 Å². The van der Waals surface area contributed by atoms with Gasteiger partial charge in [0.25, 0.3) is 0 Å². The van der Waals surface area contributed by atoms with Gasteiger partial charge in [0.15, 0.2) is 5.11 Å². The molecule has 0 fully saturated rings. The molecule has 0 aromatic heterocycles. The van der Waals surface area contributed by atoms with E-state index in [0.29, 0.717) is 11.7 Å². The van der Waals surface area contributed by atoms with Crippen LogP contribution in [-0.4, -0.2) is 30.9 Å². The predicted molar refractivity (Wildman–Crippen MR) is 64.5 cm³/mol. The highest BCUT2D eigenvalue weighted by molar-refractivity contribution is 7.80. The molecule has 0 heterocycles. The Labute approximate surface area is 91.9 Å². The molecule has 0 bridgehead atoms. The fourth-order valence-corrected chi connectivity index (χ4v) is 1.31.